The molecule has 1 saturated heterocycles. The van der Waals surface area contributed by atoms with Crippen LogP contribution >= 0.6 is 0 Å². The Morgan fingerprint density at radius 1 is 1.18 bits per heavy atom. The van der Waals surface area contributed by atoms with Gasteiger partial charge in [0.2, 0.25) is 0 Å². The minimum Gasteiger partial charge on any atom is -0.336 e. The van der Waals surface area contributed by atoms with Crippen molar-refractivity contribution >= 4 is 6.03 Å². The summed E-state index contributed by atoms with van der Waals surface area (Å²) >= 11 is 0. The highest BCUT2D eigenvalue weighted by molar-refractivity contribution is 5.75. The summed E-state index contributed by atoms with van der Waals surface area (Å²) < 4.78 is 0. The molecule has 2 N–H and O–H groups in total. The topological polar surface area (TPSA) is 44.4 Å². The van der Waals surface area contributed by atoms with Gasteiger partial charge in [0.05, 0.1) is 0 Å². The maximum atomic E-state index is 11.7. The summed E-state index contributed by atoms with van der Waals surface area (Å²) in [5.74, 6) is 0. The Morgan fingerprint density at radius 2 is 1.71 bits per heavy atom. The number of amides is 2. The van der Waals surface area contributed by atoms with E-state index in [0.29, 0.717) is 6.04 Å². The van der Waals surface area contributed by atoms with Crippen LogP contribution in [0.25, 0.3) is 0 Å². The van der Waals surface area contributed by atoms with Gasteiger partial charge in [-0.25, -0.2) is 4.79 Å². The molecule has 0 aliphatic carbocycles. The molecule has 2 amide bonds. The van der Waals surface area contributed by atoms with Crippen LogP contribution in [0.4, 0.5) is 4.79 Å². The smallest absolute Gasteiger partial charge is 0.315 e. The second kappa shape index (κ2) is 5.71. The van der Waals surface area contributed by atoms with Gasteiger partial charge in [0, 0.05) is 30.7 Å². The predicted octanol–water partition coefficient (Wildman–Crippen LogP) is 1.96. The van der Waals surface area contributed by atoms with Crippen LogP contribution in [0.1, 0.15) is 47.5 Å². The third-order valence-electron chi connectivity index (χ3n) is 3.47. The highest BCUT2D eigenvalue weighted by Crippen LogP contribution is 2.22. The van der Waals surface area contributed by atoms with Crippen LogP contribution in [0.2, 0.25) is 0 Å². The number of hydrogen-bond donors (Lipinski definition) is 2. The molecule has 4 nitrogen and oxygen atoms in total. The zero-order valence-electron chi connectivity index (χ0n) is 11.8. The van der Waals surface area contributed by atoms with Crippen LogP contribution in [0.3, 0.4) is 0 Å². The molecule has 0 aromatic carbocycles. The lowest BCUT2D eigenvalue weighted by atomic mass is 9.89. The van der Waals surface area contributed by atoms with E-state index in [1.807, 2.05) is 13.8 Å². The monoisotopic (exact) mass is 241 g/mol. The molecule has 0 radical (unpaired) electrons. The van der Waals surface area contributed by atoms with E-state index < -0.39 is 0 Å². The lowest BCUT2D eigenvalue weighted by molar-refractivity contribution is 0.122. The first-order chi connectivity index (χ1) is 7.82. The van der Waals surface area contributed by atoms with Gasteiger partial charge >= 0.3 is 6.03 Å². The first-order valence-electron chi connectivity index (χ1n) is 6.65. The van der Waals surface area contributed by atoms with Crippen LogP contribution < -0.4 is 10.6 Å². The first-order valence-corrected chi connectivity index (χ1v) is 6.65. The molecule has 0 atom stereocenters. The van der Waals surface area contributed by atoms with E-state index in [9.17, 15) is 4.79 Å². The lowest BCUT2D eigenvalue weighted by Crippen LogP contribution is -2.57. The molecular formula is C13H27N3O. The summed E-state index contributed by atoms with van der Waals surface area (Å²) in [6.45, 7) is 12.7. The van der Waals surface area contributed by atoms with Crippen molar-refractivity contribution in [2.75, 3.05) is 13.1 Å². The number of piperidine rings is 1. The molecule has 1 aliphatic rings. The van der Waals surface area contributed by atoms with Crippen LogP contribution in [-0.2, 0) is 0 Å². The Bertz CT molecular complexity index is 255. The molecule has 0 spiro atoms. The molecule has 0 bridgehead atoms. The van der Waals surface area contributed by atoms with Crippen molar-refractivity contribution < 1.29 is 4.79 Å². The molecule has 1 heterocycles. The fourth-order valence-electron chi connectivity index (χ4n) is 2.23. The molecule has 100 valence electrons. The Kier molecular flexibility index (Phi) is 4.80. The van der Waals surface area contributed by atoms with Crippen molar-refractivity contribution in [3.63, 3.8) is 0 Å². The molecule has 0 aromatic rings. The van der Waals surface area contributed by atoms with E-state index in [4.69, 9.17) is 0 Å². The third kappa shape index (κ3) is 4.54. The summed E-state index contributed by atoms with van der Waals surface area (Å²) in [7, 11) is 0. The van der Waals surface area contributed by atoms with Crippen molar-refractivity contribution in [3.05, 3.63) is 0 Å². The van der Waals surface area contributed by atoms with Gasteiger partial charge < -0.3 is 15.5 Å². The maximum Gasteiger partial charge on any atom is 0.315 e. The van der Waals surface area contributed by atoms with E-state index >= 15 is 0 Å². The van der Waals surface area contributed by atoms with Gasteiger partial charge in [0.15, 0.2) is 0 Å². The number of nitrogens with zero attached hydrogens (tertiary/aromatic N) is 1. The molecule has 1 rings (SSSR count). The van der Waals surface area contributed by atoms with E-state index in [1.54, 1.807) is 0 Å². The number of urea groups is 1. The minimum absolute atomic E-state index is 0.0412. The van der Waals surface area contributed by atoms with Gasteiger partial charge in [-0.2, -0.15) is 0 Å². The highest BCUT2D eigenvalue weighted by atomic mass is 16.2. The van der Waals surface area contributed by atoms with Crippen LogP contribution in [0, 0.1) is 0 Å². The molecule has 4 heteroatoms. The lowest BCUT2D eigenvalue weighted by Gasteiger charge is -2.41. The van der Waals surface area contributed by atoms with Crippen LogP contribution in [-0.4, -0.2) is 41.6 Å². The normalized spacial score (nSPS) is 20.6. The summed E-state index contributed by atoms with van der Waals surface area (Å²) in [5.41, 5.74) is -0.0512. The van der Waals surface area contributed by atoms with E-state index in [1.165, 1.54) is 0 Å². The summed E-state index contributed by atoms with van der Waals surface area (Å²) in [6.07, 6.45) is 2.05. The van der Waals surface area contributed by atoms with Crippen molar-refractivity contribution in [1.82, 2.24) is 15.5 Å². The fraction of sp³-hybridized carbons (Fsp3) is 0.923. The van der Waals surface area contributed by atoms with Gasteiger partial charge in [0.25, 0.3) is 0 Å². The van der Waals surface area contributed by atoms with Crippen molar-refractivity contribution in [2.24, 2.45) is 0 Å². The molecule has 0 saturated carbocycles. The third-order valence-corrected chi connectivity index (χ3v) is 3.47. The van der Waals surface area contributed by atoms with E-state index in [2.05, 4.69) is 36.3 Å². The summed E-state index contributed by atoms with van der Waals surface area (Å²) in [4.78, 5) is 14.2. The standard InChI is InChI=1S/C13H27N3O/c1-10(2)14-12(17)15-13(5)6-8-16(9-7-13)11(3)4/h10-11H,6-9H2,1-5H3,(H2,14,15,17). The zero-order chi connectivity index (χ0) is 13.1. The van der Waals surface area contributed by atoms with Crippen LogP contribution in [0.5, 0.6) is 0 Å². The summed E-state index contributed by atoms with van der Waals surface area (Å²) in [5, 5.41) is 5.99. The van der Waals surface area contributed by atoms with Crippen molar-refractivity contribution in [1.29, 1.82) is 0 Å². The highest BCUT2D eigenvalue weighted by Gasteiger charge is 2.32. The number of carbonyl (C=O) groups excluding carboxylic acids is 1. The number of hydrogen-bond acceptors (Lipinski definition) is 2. The number of likely N-dealkylation sites (tertiary alicyclic amines) is 1. The molecule has 1 aliphatic heterocycles. The fourth-order valence-corrected chi connectivity index (χ4v) is 2.23. The van der Waals surface area contributed by atoms with Gasteiger partial charge in [-0.3, -0.25) is 0 Å². The van der Waals surface area contributed by atoms with Gasteiger partial charge in [0.1, 0.15) is 0 Å². The van der Waals surface area contributed by atoms with Gasteiger partial charge in [-0.1, -0.05) is 0 Å². The van der Waals surface area contributed by atoms with Crippen LogP contribution in [0.15, 0.2) is 0 Å². The predicted molar refractivity (Wildman–Crippen MR) is 71.2 cm³/mol. The number of nitrogens with one attached hydrogen (secondary N) is 2. The summed E-state index contributed by atoms with van der Waals surface area (Å²) in [6, 6.07) is 0.749. The average molecular weight is 241 g/mol. The van der Waals surface area contributed by atoms with Gasteiger partial charge in [-0.05, 0) is 47.5 Å². The quantitative estimate of drug-likeness (QED) is 0.793. The van der Waals surface area contributed by atoms with Crippen molar-refractivity contribution in [3.8, 4) is 0 Å². The molecule has 17 heavy (non-hydrogen) atoms. The molecular weight excluding hydrogens is 214 g/mol. The minimum atomic E-state index is -0.0512. The SMILES string of the molecule is CC(C)NC(=O)NC1(C)CCN(C(C)C)CC1. The molecule has 1 fully saturated rings. The average Bonchev–Trinajstić information content (AvgIpc) is 2.15. The van der Waals surface area contributed by atoms with Gasteiger partial charge in [-0.15, -0.1) is 0 Å². The first kappa shape index (κ1) is 14.3. The Labute approximate surface area is 105 Å². The Morgan fingerprint density at radius 3 is 2.12 bits per heavy atom. The Balaban J connectivity index is 2.41. The largest absolute Gasteiger partial charge is 0.336 e. The maximum absolute atomic E-state index is 11.7. The van der Waals surface area contributed by atoms with Crippen molar-refractivity contribution in [2.45, 2.75) is 65.1 Å². The zero-order valence-corrected chi connectivity index (χ0v) is 11.8. The second-order valence-electron chi connectivity index (χ2n) is 5.94. The Hall–Kier alpha value is -0.770. The van der Waals surface area contributed by atoms with E-state index in [0.717, 1.165) is 25.9 Å². The van der Waals surface area contributed by atoms with E-state index in [-0.39, 0.29) is 17.6 Å². The number of carbonyl (C=O) groups is 1. The second-order valence-corrected chi connectivity index (χ2v) is 5.94. The molecule has 0 aromatic heterocycles. The molecule has 0 unspecified atom stereocenters. The number of rotatable bonds is 3.